The minimum absolute atomic E-state index is 0.706. The molecule has 1 aromatic carbocycles. The van der Waals surface area contributed by atoms with Gasteiger partial charge in [0.25, 0.3) is 0 Å². The largest absolute Gasteiger partial charge is 0.298 e. The average Bonchev–Trinajstić information content (AvgIpc) is 1.61. The van der Waals surface area contributed by atoms with Crippen LogP contribution in [0.2, 0.25) is 19.6 Å². The van der Waals surface area contributed by atoms with E-state index >= 15 is 0 Å². The molecule has 2 aliphatic rings. The monoisotopic (exact) mass is 3590 g/mol. The Morgan fingerprint density at radius 1 is 0.220 bits per heavy atom. The third-order valence-corrected chi connectivity index (χ3v) is 232. The summed E-state index contributed by atoms with van der Waals surface area (Å²) in [7, 11) is 183. The number of hydrogen-bond donors (Lipinski definition) is 0. The van der Waals surface area contributed by atoms with Crippen LogP contribution in [0.15, 0.2) is 12.1 Å². The molecular weight excluding hydrogens is 3580 g/mol. The van der Waals surface area contributed by atoms with Crippen LogP contribution < -0.4 is 0 Å². The van der Waals surface area contributed by atoms with Gasteiger partial charge in [0.1, 0.15) is 8.07 Å². The van der Waals surface area contributed by atoms with Gasteiger partial charge in [-0.2, -0.15) is 0 Å². The van der Waals surface area contributed by atoms with Crippen molar-refractivity contribution >= 4 is 943 Å². The molecule has 0 aromatic heterocycles. The fourth-order valence-electron chi connectivity index (χ4n) is 4.50. The molecule has 0 amide bonds. The summed E-state index contributed by atoms with van der Waals surface area (Å²) in [5.41, 5.74) is 8.02. The van der Waals surface area contributed by atoms with Gasteiger partial charge in [0, 0.05) is 939 Å². The lowest BCUT2D eigenvalue weighted by Crippen LogP contribution is -2.16. The van der Waals surface area contributed by atoms with Crippen LogP contribution in [0, 0.1) is 11.5 Å². The van der Waals surface area contributed by atoms with Crippen molar-refractivity contribution < 1.29 is 4.79 Å². The predicted octanol–water partition coefficient (Wildman–Crippen LogP) is 3.84. The van der Waals surface area contributed by atoms with Crippen molar-refractivity contribution in [1.82, 2.24) is 0 Å². The van der Waals surface area contributed by atoms with E-state index in [1.54, 1.807) is 107 Å². The maximum Gasteiger partial charge on any atom is 0.151 e. The SMILES string of the molecule is C[Si](C)(C)C#Cc1cc2c(cc1C=O)C1CCC2C1.S=S=S=S=S=S=S=S=S=S=S=S=S=S=S=S=S=S=S=S=S=S=S=S=S=S=S=S=S=S=S=S=S=S=S=S=S=S=S=S=S=S=S=S=S=S=S=S=S=S=S=S=S=S=S=S=S=S=S=S=S=S=S=S=S=S=S=S=S=S=S=S=S=S=S=S=S=S=S=S=S=S=S=S=S=S=S=S=S=S=S=S=S=S=S=S=S=S=S=S=S=S=S=S. The maximum absolute atomic E-state index is 11.3. The van der Waals surface area contributed by atoms with E-state index in [2.05, 4.69) is 43.2 Å². The van der Waals surface area contributed by atoms with Gasteiger partial charge in [-0.25, -0.2) is 0 Å². The van der Waals surface area contributed by atoms with E-state index in [9.17, 15) is 4.79 Å². The first-order chi connectivity index (χ1) is 60.9. The van der Waals surface area contributed by atoms with Gasteiger partial charge in [-0.05, 0) is 54.4 Å². The van der Waals surface area contributed by atoms with Gasteiger partial charge in [0.05, 0.1) is 0 Å². The Balaban J connectivity index is 0.00000232. The number of aldehydes is 1. The molecule has 2 unspecified atom stereocenters. The fourth-order valence-corrected chi connectivity index (χ4v) is 279. The minimum Gasteiger partial charge on any atom is -0.298 e. The van der Waals surface area contributed by atoms with Gasteiger partial charge in [-0.1, -0.05) is 25.6 Å². The molecule has 0 spiro atoms. The molecule has 2 atom stereocenters. The fraction of sp³-hybridized carbons (Fsp3) is 0.471. The molecule has 106 heteroatoms. The molecule has 123 heavy (non-hydrogen) atoms. The first-order valence-corrected chi connectivity index (χ1v) is 165. The summed E-state index contributed by atoms with van der Waals surface area (Å²) in [6, 6.07) is 4.32. The van der Waals surface area contributed by atoms with Crippen molar-refractivity contribution in [2.75, 3.05) is 0 Å². The van der Waals surface area contributed by atoms with E-state index in [0.29, 0.717) is 5.92 Å². The van der Waals surface area contributed by atoms with Crippen LogP contribution in [0.1, 0.15) is 58.1 Å². The number of benzene rings is 1. The molecule has 1 nitrogen and oxygen atoms in total. The second kappa shape index (κ2) is 121. The quantitative estimate of drug-likeness (QED) is 0.242. The summed E-state index contributed by atoms with van der Waals surface area (Å²) in [5.74, 6) is 4.71. The zero-order valence-corrected chi connectivity index (χ0v) is 140. The van der Waals surface area contributed by atoms with Crippen LogP contribution in [0.4, 0.5) is 0 Å². The number of fused-ring (bicyclic) bond motifs is 5. The van der Waals surface area contributed by atoms with Crippen molar-refractivity contribution in [3.8, 4) is 11.5 Å². The van der Waals surface area contributed by atoms with Gasteiger partial charge >= 0.3 is 0 Å². The summed E-state index contributed by atoms with van der Waals surface area (Å²) in [6.45, 7) is 6.70. The molecule has 2 aliphatic carbocycles. The maximum atomic E-state index is 11.3. The first-order valence-electron chi connectivity index (χ1n) is 24.3. The summed E-state index contributed by atoms with van der Waals surface area (Å²) in [6.07, 6.45) is 4.88. The summed E-state index contributed by atoms with van der Waals surface area (Å²) in [4.78, 5) is 11.3. The highest BCUT2D eigenvalue weighted by molar-refractivity contribution is 8.88. The molecule has 0 heterocycles. The second-order valence-corrected chi connectivity index (χ2v) is 199. The Morgan fingerprint density at radius 3 is 0.455 bits per heavy atom. The standard InChI is InChI=1S/C17H20OSi.S104/c1-19(2,3)7-6-12-9-16-13-4-5-14(8-13)17(16)10-15(12)11-18;1-3-5-7-9-11-13-15-17-19-21-23-25-27-29-31-33-35-37-39-41-43-45-47-49-51-53-55-57-59-61-63-65-67-69-71-73-75-77-79-81-83-85-87-89-91-93-95-97-99-101-103-104-102-100-98-96-94-92-90-88-86-84-82-80-78-76-74-72-70-68-66-64-62-60-58-56-54-52-50-48-46-44-42-40-38-36-34-32-30-28-26-24-22-20-18-16-14-12-10-8-6-4-2/h9-11,13-14H,4-5,8H2,1-3H3;. The van der Waals surface area contributed by atoms with Crippen molar-refractivity contribution in [2.24, 2.45) is 0 Å². The highest BCUT2D eigenvalue weighted by atomic mass is 33.6. The van der Waals surface area contributed by atoms with Crippen LogP contribution in [-0.4, -0.2) is 14.4 Å². The van der Waals surface area contributed by atoms with Gasteiger partial charge < -0.3 is 0 Å². The van der Waals surface area contributed by atoms with Crippen LogP contribution in [-0.2, 0) is 928 Å². The average molecular weight is 3600 g/mol. The van der Waals surface area contributed by atoms with Crippen LogP contribution in [0.5, 0.6) is 0 Å². The summed E-state index contributed by atoms with van der Waals surface area (Å²) >= 11 is 9.66. The number of rotatable bonds is 1. The van der Waals surface area contributed by atoms with E-state index in [1.807, 2.05) is 781 Å². The lowest BCUT2D eigenvalue weighted by atomic mass is 9.88. The first kappa shape index (κ1) is 141. The van der Waals surface area contributed by atoms with E-state index in [4.69, 9.17) is 22.4 Å². The normalized spacial score (nSPS) is 10.3. The predicted molar refractivity (Wildman–Crippen MR) is 847 cm³/mol. The van der Waals surface area contributed by atoms with Gasteiger partial charge in [-0.3, -0.25) is 4.79 Å². The van der Waals surface area contributed by atoms with E-state index in [-0.39, 0.29) is 0 Å². The molecular formula is C17H20OS104Si. The number of carbonyl (C=O) groups excluding carboxylic acids is 1. The Bertz CT molecular complexity index is 9040. The molecule has 1 aromatic rings. The van der Waals surface area contributed by atoms with Gasteiger partial charge in [0.2, 0.25) is 0 Å². The molecule has 2 bridgehead atoms. The van der Waals surface area contributed by atoms with E-state index in [1.165, 1.54) is 48.2 Å². The van der Waals surface area contributed by atoms with Crippen LogP contribution in [0.3, 0.4) is 0 Å². The van der Waals surface area contributed by atoms with Crippen LogP contribution >= 0.6 is 0 Å². The lowest BCUT2D eigenvalue weighted by molar-refractivity contribution is 0.112. The molecule has 1 fully saturated rings. The van der Waals surface area contributed by atoms with E-state index < -0.39 is 8.07 Å². The third-order valence-electron chi connectivity index (χ3n) is 7.07. The highest BCUT2D eigenvalue weighted by Crippen LogP contribution is 2.53. The van der Waals surface area contributed by atoms with E-state index in [0.717, 1.165) is 23.3 Å². The topological polar surface area (TPSA) is 17.1 Å². The lowest BCUT2D eigenvalue weighted by Gasteiger charge is -2.16. The molecule has 0 radical (unpaired) electrons. The molecule has 3 rings (SSSR count). The number of carbonyl (C=O) groups is 1. The summed E-state index contributed by atoms with van der Waals surface area (Å²) in [5, 5.41) is 0. The molecule has 0 aliphatic heterocycles. The Kier molecular flexibility index (Phi) is 138. The van der Waals surface area contributed by atoms with Crippen LogP contribution in [0.25, 0.3) is 0 Å². The molecule has 722 valence electrons. The third kappa shape index (κ3) is 108. The smallest absolute Gasteiger partial charge is 0.151 e. The van der Waals surface area contributed by atoms with Crippen molar-refractivity contribution in [3.63, 3.8) is 0 Å². The molecule has 1 saturated carbocycles. The summed E-state index contributed by atoms with van der Waals surface area (Å²) < 4.78 is 0. The number of hydrogen-bond acceptors (Lipinski definition) is 3. The van der Waals surface area contributed by atoms with Crippen molar-refractivity contribution in [1.29, 1.82) is 0 Å². The minimum atomic E-state index is -1.39. The second-order valence-electron chi connectivity index (χ2n) is 13.8. The zero-order chi connectivity index (χ0) is 87.7. The van der Waals surface area contributed by atoms with Gasteiger partial charge in [0.15, 0.2) is 6.29 Å². The Hall–Kier alpha value is 21.5. The molecule has 0 saturated heterocycles. The zero-order valence-electron chi connectivity index (χ0n) is 54.4. The Labute approximate surface area is 1010 Å². The van der Waals surface area contributed by atoms with Gasteiger partial charge in [-0.15, -0.1) is 5.54 Å². The highest BCUT2D eigenvalue weighted by Gasteiger charge is 2.37. The molecule has 0 N–H and O–H groups in total. The Morgan fingerprint density at radius 2 is 0.341 bits per heavy atom. The van der Waals surface area contributed by atoms with Crippen molar-refractivity contribution in [2.45, 2.75) is 50.7 Å². The van der Waals surface area contributed by atoms with Crippen molar-refractivity contribution in [3.05, 3.63) is 34.4 Å².